The molecule has 2 heterocycles. The minimum absolute atomic E-state index is 0.259. The number of hydrogen-bond donors (Lipinski definition) is 5. The lowest BCUT2D eigenvalue weighted by atomic mass is 10.0. The number of aromatic nitrogens is 2. The summed E-state index contributed by atoms with van der Waals surface area (Å²) < 4.78 is 11.2. The maximum Gasteiger partial charge on any atom is 0.330 e. The molecule has 0 aromatic carbocycles. The Bertz CT molecular complexity index is 617. The van der Waals surface area contributed by atoms with Crippen LogP contribution in [0.2, 0.25) is 0 Å². The number of aliphatic hydroxyl groups is 2. The zero-order chi connectivity index (χ0) is 15.8. The Hall–Kier alpha value is -1.13. The van der Waals surface area contributed by atoms with Crippen LogP contribution in [0.1, 0.15) is 6.92 Å². The molecule has 2 rings (SSSR count). The van der Waals surface area contributed by atoms with Crippen LogP contribution >= 0.6 is 8.53 Å². The minimum Gasteiger partial charge on any atom is -0.387 e. The lowest BCUT2D eigenvalue weighted by molar-refractivity contribution is -0.135. The highest BCUT2D eigenvalue weighted by Gasteiger charge is 2.53. The average molecular weight is 321 g/mol. The normalized spacial score (nSPS) is 34.0. The third-order valence-electron chi connectivity index (χ3n) is 3.32. The predicted molar refractivity (Wildman–Crippen MR) is 71.1 cm³/mol. The maximum absolute atomic E-state index is 11.8. The Morgan fingerprint density at radius 1 is 1.57 bits per heavy atom. The molecule has 1 aromatic rings. The fourth-order valence-electron chi connectivity index (χ4n) is 2.21. The average Bonchev–Trinajstić information content (AvgIpc) is 2.61. The van der Waals surface area contributed by atoms with Crippen molar-refractivity contribution in [2.24, 2.45) is 5.50 Å². The number of H-pyrrole nitrogens is 1. The highest BCUT2D eigenvalue weighted by atomic mass is 31.2. The Morgan fingerprint density at radius 3 is 2.81 bits per heavy atom. The summed E-state index contributed by atoms with van der Waals surface area (Å²) in [5.41, 5.74) is 2.09. The third kappa shape index (κ3) is 3.06. The van der Waals surface area contributed by atoms with Gasteiger partial charge in [0.2, 0.25) is 8.53 Å². The van der Waals surface area contributed by atoms with E-state index in [0.29, 0.717) is 0 Å². The van der Waals surface area contributed by atoms with E-state index in [4.69, 9.17) is 19.7 Å². The largest absolute Gasteiger partial charge is 0.387 e. The van der Waals surface area contributed by atoms with Crippen molar-refractivity contribution in [3.63, 3.8) is 0 Å². The first kappa shape index (κ1) is 16.2. The van der Waals surface area contributed by atoms with Crippen molar-refractivity contribution in [2.45, 2.75) is 31.0 Å². The van der Waals surface area contributed by atoms with Crippen LogP contribution in [0.5, 0.6) is 0 Å². The van der Waals surface area contributed by atoms with Crippen LogP contribution in [0, 0.1) is 0 Å². The molecule has 118 valence electrons. The zero-order valence-corrected chi connectivity index (χ0v) is 11.9. The standard InChI is InChI=1S/C10H16N3O7P/c1-10(13-3-2-6(14)12-9(13)17)8(16)7(15)5(20-10)4-19-21(11)18/h2-3,5,7-8,15-16,18H,4,11H2,1H3,(H,12,14,17)/t5-,7-,8-,10-,21?/m1/s1. The van der Waals surface area contributed by atoms with Crippen molar-refractivity contribution >= 4 is 8.53 Å². The summed E-state index contributed by atoms with van der Waals surface area (Å²) in [6.07, 6.45) is -2.65. The van der Waals surface area contributed by atoms with Crippen LogP contribution < -0.4 is 16.8 Å². The molecular weight excluding hydrogens is 305 g/mol. The second-order valence-corrected chi connectivity index (χ2v) is 5.59. The minimum atomic E-state index is -2.13. The van der Waals surface area contributed by atoms with Gasteiger partial charge in [-0.15, -0.1) is 0 Å². The Morgan fingerprint density at radius 2 is 2.24 bits per heavy atom. The molecular formula is C10H16N3O7P. The number of rotatable bonds is 4. The molecule has 1 fully saturated rings. The van der Waals surface area contributed by atoms with Crippen LogP contribution in [-0.2, 0) is 15.0 Å². The topological polar surface area (TPSA) is 160 Å². The summed E-state index contributed by atoms with van der Waals surface area (Å²) >= 11 is 0. The molecule has 1 aliphatic rings. The molecule has 10 nitrogen and oxygen atoms in total. The van der Waals surface area contributed by atoms with Crippen molar-refractivity contribution in [1.29, 1.82) is 0 Å². The molecule has 1 saturated heterocycles. The van der Waals surface area contributed by atoms with Gasteiger partial charge in [-0.3, -0.25) is 19.8 Å². The molecule has 0 saturated carbocycles. The Balaban J connectivity index is 2.30. The van der Waals surface area contributed by atoms with E-state index in [-0.39, 0.29) is 6.61 Å². The number of aliphatic hydroxyl groups excluding tert-OH is 2. The molecule has 0 aliphatic carbocycles. The van der Waals surface area contributed by atoms with Gasteiger partial charge in [0, 0.05) is 12.3 Å². The van der Waals surface area contributed by atoms with Crippen molar-refractivity contribution < 1.29 is 24.4 Å². The van der Waals surface area contributed by atoms with E-state index in [9.17, 15) is 19.8 Å². The lowest BCUT2D eigenvalue weighted by Gasteiger charge is -2.29. The second-order valence-electron chi connectivity index (χ2n) is 4.72. The predicted octanol–water partition coefficient (Wildman–Crippen LogP) is -2.48. The van der Waals surface area contributed by atoms with Gasteiger partial charge in [-0.05, 0) is 6.92 Å². The lowest BCUT2D eigenvalue weighted by Crippen LogP contribution is -2.49. The van der Waals surface area contributed by atoms with Gasteiger partial charge >= 0.3 is 5.69 Å². The third-order valence-corrected chi connectivity index (χ3v) is 3.73. The zero-order valence-electron chi connectivity index (χ0n) is 11.0. The molecule has 0 spiro atoms. The molecule has 0 amide bonds. The van der Waals surface area contributed by atoms with Gasteiger partial charge < -0.3 is 24.4 Å². The molecule has 1 aromatic heterocycles. The second kappa shape index (κ2) is 5.93. The van der Waals surface area contributed by atoms with Crippen LogP contribution in [0.4, 0.5) is 0 Å². The number of nitrogens with zero attached hydrogens (tertiary/aromatic N) is 1. The van der Waals surface area contributed by atoms with Crippen LogP contribution in [0.3, 0.4) is 0 Å². The number of ether oxygens (including phenoxy) is 1. The SMILES string of the molecule is C[C@@]1(n2ccc(=O)[nH]c2=O)O[C@H](COP(N)O)[C@@H](O)[C@H]1O. The van der Waals surface area contributed by atoms with Crippen molar-refractivity contribution in [1.82, 2.24) is 9.55 Å². The first-order valence-electron chi connectivity index (χ1n) is 5.98. The van der Waals surface area contributed by atoms with E-state index in [1.165, 1.54) is 6.92 Å². The number of hydrogen-bond acceptors (Lipinski definition) is 8. The van der Waals surface area contributed by atoms with E-state index in [0.717, 1.165) is 16.8 Å². The molecule has 21 heavy (non-hydrogen) atoms. The van der Waals surface area contributed by atoms with E-state index in [1.54, 1.807) is 0 Å². The molecule has 6 N–H and O–H groups in total. The molecule has 5 atom stereocenters. The number of aromatic amines is 1. The monoisotopic (exact) mass is 321 g/mol. The summed E-state index contributed by atoms with van der Waals surface area (Å²) in [5.74, 6) is 0. The number of nitrogens with two attached hydrogens (primary N) is 1. The van der Waals surface area contributed by atoms with Crippen LogP contribution in [0.25, 0.3) is 0 Å². The van der Waals surface area contributed by atoms with Gasteiger partial charge in [-0.2, -0.15) is 0 Å². The van der Waals surface area contributed by atoms with E-state index in [2.05, 4.69) is 0 Å². The van der Waals surface area contributed by atoms with Crippen LogP contribution in [-0.4, -0.2) is 49.6 Å². The summed E-state index contributed by atoms with van der Waals surface area (Å²) in [4.78, 5) is 33.8. The Kier molecular flexibility index (Phi) is 4.59. The Labute approximate surface area is 119 Å². The van der Waals surface area contributed by atoms with E-state index in [1.807, 2.05) is 4.98 Å². The quantitative estimate of drug-likeness (QED) is 0.381. The van der Waals surface area contributed by atoms with Crippen molar-refractivity contribution in [3.05, 3.63) is 33.1 Å². The van der Waals surface area contributed by atoms with E-state index < -0.39 is 43.8 Å². The molecule has 0 bridgehead atoms. The molecule has 1 unspecified atom stereocenters. The van der Waals surface area contributed by atoms with Gasteiger partial charge in [0.1, 0.15) is 18.3 Å². The first-order chi connectivity index (χ1) is 9.75. The van der Waals surface area contributed by atoms with Gasteiger partial charge in [-0.1, -0.05) is 0 Å². The highest BCUT2D eigenvalue weighted by molar-refractivity contribution is 7.43. The molecule has 0 radical (unpaired) electrons. The fourth-order valence-corrected chi connectivity index (χ4v) is 2.51. The van der Waals surface area contributed by atoms with Gasteiger partial charge in [0.05, 0.1) is 6.61 Å². The summed E-state index contributed by atoms with van der Waals surface area (Å²) in [6.45, 7) is 1.12. The first-order valence-corrected chi connectivity index (χ1v) is 7.27. The summed E-state index contributed by atoms with van der Waals surface area (Å²) in [5, 5.41) is 20.1. The van der Waals surface area contributed by atoms with Crippen molar-refractivity contribution in [2.75, 3.05) is 6.61 Å². The summed E-state index contributed by atoms with van der Waals surface area (Å²) in [6, 6.07) is 1.09. The molecule has 11 heteroatoms. The van der Waals surface area contributed by atoms with E-state index >= 15 is 0 Å². The van der Waals surface area contributed by atoms with Crippen LogP contribution in [0.15, 0.2) is 21.9 Å². The van der Waals surface area contributed by atoms with Gasteiger partial charge in [-0.25, -0.2) is 4.79 Å². The van der Waals surface area contributed by atoms with Gasteiger partial charge in [0.25, 0.3) is 5.56 Å². The highest BCUT2D eigenvalue weighted by Crippen LogP contribution is 2.35. The summed E-state index contributed by atoms with van der Waals surface area (Å²) in [7, 11) is -2.13. The molecule has 1 aliphatic heterocycles. The smallest absolute Gasteiger partial charge is 0.330 e. The number of nitrogens with one attached hydrogen (secondary N) is 1. The van der Waals surface area contributed by atoms with Gasteiger partial charge in [0.15, 0.2) is 5.72 Å². The van der Waals surface area contributed by atoms with Crippen molar-refractivity contribution in [3.8, 4) is 0 Å². The maximum atomic E-state index is 11.8. The fraction of sp³-hybridized carbons (Fsp3) is 0.600.